The molecule has 1 unspecified atom stereocenters. The Balaban J connectivity index is 1.32. The van der Waals surface area contributed by atoms with E-state index in [4.69, 9.17) is 9.02 Å². The molecule has 0 saturated heterocycles. The van der Waals surface area contributed by atoms with Crippen molar-refractivity contribution in [2.45, 2.75) is 132 Å². The summed E-state index contributed by atoms with van der Waals surface area (Å²) in [6, 6.07) is 16.6. The fraction of sp³-hybridized carbons (Fsp3) is 0.541. The fourth-order valence-electron chi connectivity index (χ4n) is 8.37. The van der Waals surface area contributed by atoms with Crippen LogP contribution in [-0.4, -0.2) is 20.2 Å². The third-order valence-corrected chi connectivity index (χ3v) is 11.9. The monoisotopic (exact) mass is 599 g/mol. The van der Waals surface area contributed by atoms with Crippen LogP contribution in [0.25, 0.3) is 10.8 Å². The topological polar surface area (TPSA) is 65.0 Å². The van der Waals surface area contributed by atoms with Crippen molar-refractivity contribution in [3.8, 4) is 5.75 Å². The highest BCUT2D eigenvalue weighted by Crippen LogP contribution is 2.46. The summed E-state index contributed by atoms with van der Waals surface area (Å²) < 4.78 is 40.9. The largest absolute Gasteiger partial charge is 0.483 e. The zero-order chi connectivity index (χ0) is 29.4. The zero-order valence-electron chi connectivity index (χ0n) is 25.5. The minimum atomic E-state index is -4.17. The van der Waals surface area contributed by atoms with Gasteiger partial charge < -0.3 is 4.74 Å². The van der Waals surface area contributed by atoms with Gasteiger partial charge >= 0.3 is 10.1 Å². The summed E-state index contributed by atoms with van der Waals surface area (Å²) in [5.41, 5.74) is 4.71. The molecule has 3 aromatic rings. The third-order valence-electron chi connectivity index (χ3n) is 10.7. The van der Waals surface area contributed by atoms with Crippen molar-refractivity contribution >= 4 is 26.6 Å². The molecule has 5 nitrogen and oxygen atoms in total. The van der Waals surface area contributed by atoms with Crippen molar-refractivity contribution in [1.29, 1.82) is 0 Å². The average molecular weight is 600 g/mol. The molecule has 7 rings (SSSR count). The van der Waals surface area contributed by atoms with Crippen molar-refractivity contribution in [2.24, 2.45) is 5.16 Å². The molecule has 0 bridgehead atoms. The van der Waals surface area contributed by atoms with Gasteiger partial charge in [-0.15, -0.1) is 0 Å². The van der Waals surface area contributed by atoms with Crippen molar-refractivity contribution in [1.82, 2.24) is 0 Å². The molecule has 0 amide bonds. The van der Waals surface area contributed by atoms with Crippen molar-refractivity contribution < 1.29 is 17.4 Å². The highest BCUT2D eigenvalue weighted by Gasteiger charge is 2.36. The van der Waals surface area contributed by atoms with E-state index in [2.05, 4.69) is 23.4 Å². The van der Waals surface area contributed by atoms with Gasteiger partial charge in [0.2, 0.25) is 0 Å². The van der Waals surface area contributed by atoms with Crippen molar-refractivity contribution in [3.63, 3.8) is 0 Å². The number of hydrogen-bond donors (Lipinski definition) is 0. The molecule has 1 heterocycles. The first-order valence-electron chi connectivity index (χ1n) is 16.9. The first kappa shape index (κ1) is 28.9. The molecule has 4 aliphatic rings. The van der Waals surface area contributed by atoms with Gasteiger partial charge in [-0.2, -0.15) is 8.42 Å². The Kier molecular flexibility index (Phi) is 8.24. The molecule has 0 N–H and O–H groups in total. The van der Waals surface area contributed by atoms with Gasteiger partial charge in [0.15, 0.2) is 0 Å². The molecule has 0 aromatic heterocycles. The van der Waals surface area contributed by atoms with Gasteiger partial charge in [-0.25, -0.2) is 0 Å². The lowest BCUT2D eigenvalue weighted by Gasteiger charge is -2.31. The SMILES string of the molecule is CC1Oc2c(ccc3ccccc23)/C1=N/OS(=O)(=O)c1c(C2CCCCC2)cc(C2CCCCC2)cc1C1CCCCC1. The first-order valence-corrected chi connectivity index (χ1v) is 18.3. The van der Waals surface area contributed by atoms with Crippen LogP contribution in [0.2, 0.25) is 0 Å². The molecule has 3 aromatic carbocycles. The van der Waals surface area contributed by atoms with Crippen LogP contribution in [0, 0.1) is 0 Å². The van der Waals surface area contributed by atoms with Gasteiger partial charge in [0.25, 0.3) is 0 Å². The van der Waals surface area contributed by atoms with Crippen LogP contribution in [0.1, 0.15) is 143 Å². The lowest BCUT2D eigenvalue weighted by atomic mass is 9.76. The molecule has 228 valence electrons. The molecule has 3 fully saturated rings. The van der Waals surface area contributed by atoms with Crippen molar-refractivity contribution in [2.75, 3.05) is 0 Å². The van der Waals surface area contributed by atoms with Crippen molar-refractivity contribution in [3.05, 3.63) is 70.8 Å². The van der Waals surface area contributed by atoms with Crippen LogP contribution in [0.3, 0.4) is 0 Å². The van der Waals surface area contributed by atoms with Crippen LogP contribution >= 0.6 is 0 Å². The molecule has 6 heteroatoms. The van der Waals surface area contributed by atoms with E-state index in [0.29, 0.717) is 16.5 Å². The average Bonchev–Trinajstić information content (AvgIpc) is 3.39. The summed E-state index contributed by atoms with van der Waals surface area (Å²) in [4.78, 5) is 0.431. The highest BCUT2D eigenvalue weighted by atomic mass is 32.2. The summed E-state index contributed by atoms with van der Waals surface area (Å²) in [5.74, 6) is 1.77. The number of benzene rings is 3. The van der Waals surface area contributed by atoms with Gasteiger partial charge in [-0.1, -0.05) is 105 Å². The number of hydrogen-bond acceptors (Lipinski definition) is 5. The summed E-state index contributed by atoms with van der Waals surface area (Å²) in [6.07, 6.45) is 17.1. The Morgan fingerprint density at radius 2 is 1.28 bits per heavy atom. The Bertz CT molecular complexity index is 1570. The number of fused-ring (bicyclic) bond motifs is 3. The van der Waals surface area contributed by atoms with Gasteiger partial charge in [0.05, 0.1) is 0 Å². The third kappa shape index (κ3) is 5.72. The molecular weight excluding hydrogens is 554 g/mol. The first-order chi connectivity index (χ1) is 21.0. The second-order valence-electron chi connectivity index (χ2n) is 13.5. The number of oxime groups is 1. The van der Waals surface area contributed by atoms with Crippen LogP contribution in [0.15, 0.2) is 58.6 Å². The fourth-order valence-corrected chi connectivity index (χ4v) is 9.65. The standard InChI is InChI=1S/C37H45NO4S/c1-25-35(32-22-21-29-19-11-12-20-31(29)36(32)41-25)38-42-43(39,40)37-33(27-15-7-3-8-16-27)23-30(26-13-5-2-6-14-26)24-34(37)28-17-9-4-10-18-28/h11-12,19-28H,2-10,13-18H2,1H3/b38-35+. The number of nitrogens with zero attached hydrogens (tertiary/aromatic N) is 1. The van der Waals surface area contributed by atoms with E-state index in [1.165, 1.54) is 50.5 Å². The maximum absolute atomic E-state index is 14.5. The summed E-state index contributed by atoms with van der Waals surface area (Å²) >= 11 is 0. The highest BCUT2D eigenvalue weighted by molar-refractivity contribution is 7.86. The van der Waals surface area contributed by atoms with Gasteiger partial charge in [-0.3, -0.25) is 4.28 Å². The van der Waals surface area contributed by atoms with Gasteiger partial charge in [-0.05, 0) is 91.3 Å². The van der Waals surface area contributed by atoms with Crippen LogP contribution < -0.4 is 4.74 Å². The van der Waals surface area contributed by atoms with Gasteiger partial charge in [0.1, 0.15) is 22.5 Å². The lowest BCUT2D eigenvalue weighted by Crippen LogP contribution is -2.21. The molecule has 1 atom stereocenters. The van der Waals surface area contributed by atoms with E-state index in [1.807, 2.05) is 37.3 Å². The second-order valence-corrected chi connectivity index (χ2v) is 14.9. The Hall–Kier alpha value is -2.86. The quantitative estimate of drug-likeness (QED) is 0.265. The summed E-state index contributed by atoms with van der Waals surface area (Å²) in [6.45, 7) is 1.91. The molecule has 43 heavy (non-hydrogen) atoms. The number of ether oxygens (including phenoxy) is 1. The van der Waals surface area contributed by atoms with Crippen LogP contribution in [0.5, 0.6) is 5.75 Å². The summed E-state index contributed by atoms with van der Waals surface area (Å²) in [5, 5.41) is 6.47. The normalized spacial score (nSPS) is 23.4. The minimum Gasteiger partial charge on any atom is -0.483 e. The zero-order valence-corrected chi connectivity index (χ0v) is 26.3. The lowest BCUT2D eigenvalue weighted by molar-refractivity contribution is 0.293. The predicted octanol–water partition coefficient (Wildman–Crippen LogP) is 9.87. The summed E-state index contributed by atoms with van der Waals surface area (Å²) in [7, 11) is -4.17. The van der Waals surface area contributed by atoms with Gasteiger partial charge in [0, 0.05) is 10.9 Å². The maximum Gasteiger partial charge on any atom is 0.359 e. The maximum atomic E-state index is 14.5. The van der Waals surface area contributed by atoms with Crippen LogP contribution in [0.4, 0.5) is 0 Å². The molecular formula is C37H45NO4S. The molecule has 3 aliphatic carbocycles. The second kappa shape index (κ2) is 12.3. The predicted molar refractivity (Wildman–Crippen MR) is 173 cm³/mol. The Labute approximate surface area is 257 Å². The Morgan fingerprint density at radius 1 is 0.721 bits per heavy atom. The molecule has 3 saturated carbocycles. The molecule has 0 radical (unpaired) electrons. The van der Waals surface area contributed by atoms with Crippen LogP contribution in [-0.2, 0) is 14.4 Å². The van der Waals surface area contributed by atoms with E-state index < -0.39 is 16.2 Å². The minimum absolute atomic E-state index is 0.251. The molecule has 1 aliphatic heterocycles. The Morgan fingerprint density at radius 3 is 1.88 bits per heavy atom. The van der Waals surface area contributed by atoms with E-state index in [0.717, 1.165) is 84.6 Å². The van der Waals surface area contributed by atoms with E-state index in [9.17, 15) is 8.42 Å². The van der Waals surface area contributed by atoms with E-state index in [1.54, 1.807) is 0 Å². The van der Waals surface area contributed by atoms with E-state index >= 15 is 0 Å². The van der Waals surface area contributed by atoms with E-state index in [-0.39, 0.29) is 11.8 Å². The number of rotatable bonds is 6. The molecule has 0 spiro atoms. The smallest absolute Gasteiger partial charge is 0.359 e.